The second-order valence-corrected chi connectivity index (χ2v) is 9.24. The van der Waals surface area contributed by atoms with Crippen LogP contribution in [0.2, 0.25) is 0 Å². The van der Waals surface area contributed by atoms with Gasteiger partial charge >= 0.3 is 11.9 Å². The molecule has 0 spiro atoms. The van der Waals surface area contributed by atoms with Gasteiger partial charge in [0.1, 0.15) is 22.1 Å². The molecular weight excluding hydrogens is 496 g/mol. The lowest BCUT2D eigenvalue weighted by molar-refractivity contribution is -0.132. The van der Waals surface area contributed by atoms with Gasteiger partial charge in [-0.25, -0.2) is 9.78 Å². The Morgan fingerprint density at radius 1 is 1.11 bits per heavy atom. The minimum Gasteiger partial charge on any atom is -0.507 e. The van der Waals surface area contributed by atoms with Gasteiger partial charge in [-0.05, 0) is 62.2 Å². The van der Waals surface area contributed by atoms with Crippen molar-refractivity contribution in [2.75, 3.05) is 25.7 Å². The first kappa shape index (κ1) is 25.9. The molecule has 3 aromatic rings. The molecule has 1 amide bonds. The number of aliphatic hydroxyl groups excluding tert-OH is 1. The summed E-state index contributed by atoms with van der Waals surface area (Å²) in [7, 11) is 2.79. The third kappa shape index (κ3) is 4.67. The molecule has 10 heteroatoms. The van der Waals surface area contributed by atoms with Gasteiger partial charge in [0.25, 0.3) is 5.78 Å². The van der Waals surface area contributed by atoms with E-state index < -0.39 is 23.7 Å². The Bertz CT molecular complexity index is 1410. The zero-order valence-corrected chi connectivity index (χ0v) is 21.8. The molecule has 37 heavy (non-hydrogen) atoms. The summed E-state index contributed by atoms with van der Waals surface area (Å²) in [5.74, 6) is -1.41. The Morgan fingerprint density at radius 2 is 1.81 bits per heavy atom. The van der Waals surface area contributed by atoms with E-state index in [-0.39, 0.29) is 21.3 Å². The molecule has 1 N–H and O–H groups in total. The largest absolute Gasteiger partial charge is 0.507 e. The van der Waals surface area contributed by atoms with Crippen LogP contribution in [-0.2, 0) is 14.3 Å². The molecule has 0 bridgehead atoms. The smallest absolute Gasteiger partial charge is 0.350 e. The van der Waals surface area contributed by atoms with Gasteiger partial charge in [0, 0.05) is 5.56 Å². The van der Waals surface area contributed by atoms with Gasteiger partial charge in [0.15, 0.2) is 5.13 Å². The number of anilines is 1. The molecule has 9 nitrogen and oxygen atoms in total. The van der Waals surface area contributed by atoms with Crippen molar-refractivity contribution in [3.8, 4) is 11.5 Å². The van der Waals surface area contributed by atoms with Crippen LogP contribution in [0.4, 0.5) is 5.13 Å². The molecule has 1 aliphatic heterocycles. The molecule has 2 aromatic carbocycles. The number of aryl methyl sites for hydroxylation is 2. The lowest BCUT2D eigenvalue weighted by Gasteiger charge is -2.23. The Morgan fingerprint density at radius 3 is 2.41 bits per heavy atom. The van der Waals surface area contributed by atoms with Crippen LogP contribution in [0.3, 0.4) is 0 Å². The summed E-state index contributed by atoms with van der Waals surface area (Å²) in [6.07, 6.45) is 0. The van der Waals surface area contributed by atoms with E-state index in [0.29, 0.717) is 34.9 Å². The van der Waals surface area contributed by atoms with Crippen molar-refractivity contribution in [2.45, 2.75) is 26.8 Å². The Balaban J connectivity index is 1.91. The van der Waals surface area contributed by atoms with E-state index in [1.54, 1.807) is 49.4 Å². The van der Waals surface area contributed by atoms with E-state index in [1.165, 1.54) is 19.1 Å². The van der Waals surface area contributed by atoms with Gasteiger partial charge in [-0.15, -0.1) is 0 Å². The number of thiazole rings is 1. The fraction of sp³-hybridized carbons (Fsp3) is 0.259. The number of benzene rings is 2. The van der Waals surface area contributed by atoms with Gasteiger partial charge in [0.2, 0.25) is 0 Å². The summed E-state index contributed by atoms with van der Waals surface area (Å²) >= 11 is 0.944. The normalized spacial score (nSPS) is 16.7. The highest BCUT2D eigenvalue weighted by atomic mass is 32.1. The lowest BCUT2D eigenvalue weighted by atomic mass is 9.95. The van der Waals surface area contributed by atoms with Crippen molar-refractivity contribution < 1.29 is 33.7 Å². The number of methoxy groups -OCH3 is 2. The molecule has 1 aromatic heterocycles. The number of ketones is 1. The van der Waals surface area contributed by atoms with Crippen LogP contribution in [0.1, 0.15) is 45.0 Å². The molecule has 1 saturated heterocycles. The minimum atomic E-state index is -0.992. The van der Waals surface area contributed by atoms with Crippen molar-refractivity contribution in [1.82, 2.24) is 4.98 Å². The Labute approximate surface area is 217 Å². The van der Waals surface area contributed by atoms with Crippen molar-refractivity contribution in [3.05, 3.63) is 75.3 Å². The number of hydrogen-bond acceptors (Lipinski definition) is 9. The molecule has 0 radical (unpaired) electrons. The first-order chi connectivity index (χ1) is 17.7. The van der Waals surface area contributed by atoms with Crippen LogP contribution in [-0.4, -0.2) is 48.6 Å². The van der Waals surface area contributed by atoms with Crippen LogP contribution >= 0.6 is 11.3 Å². The van der Waals surface area contributed by atoms with Gasteiger partial charge in [-0.3, -0.25) is 14.5 Å². The fourth-order valence-corrected chi connectivity index (χ4v) is 5.22. The van der Waals surface area contributed by atoms with Crippen molar-refractivity contribution >= 4 is 39.9 Å². The van der Waals surface area contributed by atoms with Gasteiger partial charge in [-0.1, -0.05) is 23.5 Å². The van der Waals surface area contributed by atoms with Gasteiger partial charge < -0.3 is 19.3 Å². The third-order valence-electron chi connectivity index (χ3n) is 5.98. The number of hydrogen-bond donors (Lipinski definition) is 1. The predicted molar refractivity (Wildman–Crippen MR) is 138 cm³/mol. The standard InChI is InChI=1S/C27H26N2O7S/c1-6-36-18-10-7-16(8-11-18)21-20(22(30)17-9-12-19(34-4)14(2)13-17)23(31)25(32)29(21)27-28-15(3)24(37-27)26(33)35-5/h7-13,21,30H,6H2,1-5H3/b22-20+. The minimum absolute atomic E-state index is 0.0915. The summed E-state index contributed by atoms with van der Waals surface area (Å²) in [4.78, 5) is 44.8. The summed E-state index contributed by atoms with van der Waals surface area (Å²) in [6.45, 7) is 5.77. The highest BCUT2D eigenvalue weighted by Crippen LogP contribution is 2.44. The van der Waals surface area contributed by atoms with Crippen molar-refractivity contribution in [2.24, 2.45) is 0 Å². The molecule has 1 aliphatic rings. The van der Waals surface area contributed by atoms with Crippen LogP contribution in [0.5, 0.6) is 11.5 Å². The number of Topliss-reactive ketones (excluding diaryl/α,β-unsaturated/α-hetero) is 1. The number of esters is 1. The molecule has 192 valence electrons. The molecule has 4 rings (SSSR count). The van der Waals surface area contributed by atoms with Gasteiger partial charge in [-0.2, -0.15) is 0 Å². The Kier molecular flexibility index (Phi) is 7.30. The average molecular weight is 523 g/mol. The van der Waals surface area contributed by atoms with E-state index in [9.17, 15) is 19.5 Å². The number of carbonyl (C=O) groups excluding carboxylic acids is 3. The van der Waals surface area contributed by atoms with Crippen LogP contribution in [0, 0.1) is 13.8 Å². The highest BCUT2D eigenvalue weighted by Gasteiger charge is 2.48. The Hall–Kier alpha value is -4.18. The van der Waals surface area contributed by atoms with E-state index in [2.05, 4.69) is 4.98 Å². The fourth-order valence-electron chi connectivity index (χ4n) is 4.21. The average Bonchev–Trinajstić information content (AvgIpc) is 3.40. The summed E-state index contributed by atoms with van der Waals surface area (Å²) < 4.78 is 15.7. The van der Waals surface area contributed by atoms with E-state index in [4.69, 9.17) is 14.2 Å². The lowest BCUT2D eigenvalue weighted by Crippen LogP contribution is -2.29. The van der Waals surface area contributed by atoms with E-state index >= 15 is 0 Å². The maximum Gasteiger partial charge on any atom is 0.350 e. The molecule has 1 atom stereocenters. The zero-order valence-electron chi connectivity index (χ0n) is 21.0. The molecule has 0 aliphatic carbocycles. The maximum absolute atomic E-state index is 13.4. The molecular formula is C27H26N2O7S. The summed E-state index contributed by atoms with van der Waals surface area (Å²) in [6, 6.07) is 10.9. The second-order valence-electron chi connectivity index (χ2n) is 8.26. The molecule has 2 heterocycles. The van der Waals surface area contributed by atoms with E-state index in [0.717, 1.165) is 16.9 Å². The topological polar surface area (TPSA) is 115 Å². The number of aliphatic hydroxyl groups is 1. The van der Waals surface area contributed by atoms with Crippen LogP contribution < -0.4 is 14.4 Å². The van der Waals surface area contributed by atoms with Crippen molar-refractivity contribution in [3.63, 3.8) is 0 Å². The monoisotopic (exact) mass is 522 g/mol. The molecule has 1 fully saturated rings. The van der Waals surface area contributed by atoms with E-state index in [1.807, 2.05) is 13.8 Å². The quantitative estimate of drug-likeness (QED) is 0.208. The number of carbonyl (C=O) groups is 3. The van der Waals surface area contributed by atoms with Crippen LogP contribution in [0.15, 0.2) is 48.0 Å². The predicted octanol–water partition coefficient (Wildman–Crippen LogP) is 4.58. The highest BCUT2D eigenvalue weighted by molar-refractivity contribution is 7.17. The third-order valence-corrected chi connectivity index (χ3v) is 7.12. The number of amides is 1. The van der Waals surface area contributed by atoms with Crippen molar-refractivity contribution in [1.29, 1.82) is 0 Å². The second kappa shape index (κ2) is 10.4. The SMILES string of the molecule is CCOc1ccc(C2/C(=C(\O)c3ccc(OC)c(C)c3)C(=O)C(=O)N2c2nc(C)c(C(=O)OC)s2)cc1. The first-order valence-corrected chi connectivity index (χ1v) is 12.3. The maximum atomic E-state index is 13.4. The van der Waals surface area contributed by atoms with Crippen LogP contribution in [0.25, 0.3) is 5.76 Å². The molecule has 1 unspecified atom stereocenters. The van der Waals surface area contributed by atoms with Gasteiger partial charge in [0.05, 0.1) is 38.1 Å². The first-order valence-electron chi connectivity index (χ1n) is 11.5. The number of aromatic nitrogens is 1. The number of ether oxygens (including phenoxy) is 3. The summed E-state index contributed by atoms with van der Waals surface area (Å²) in [5.41, 5.74) is 1.94. The number of nitrogens with zero attached hydrogens (tertiary/aromatic N) is 2. The molecule has 0 saturated carbocycles. The summed E-state index contributed by atoms with van der Waals surface area (Å²) in [5, 5.41) is 11.5. The number of rotatable bonds is 7. The zero-order chi connectivity index (χ0) is 26.9.